The standard InChI is InChI=1S/C24H26O6/c1-12-6-5-7-24(2,3)15(12)10-14-20-19(11-17(27)23(14)29-4)30-18-9-13(25)8-16(26)21(18)22(20)28/h8-9,11,25-27H,5-7,10H2,1-4H3. The highest BCUT2D eigenvalue weighted by molar-refractivity contribution is 5.97. The van der Waals surface area contributed by atoms with Crippen LogP contribution in [0.2, 0.25) is 0 Å². The van der Waals surface area contributed by atoms with Gasteiger partial charge in [-0.2, -0.15) is 0 Å². The lowest BCUT2D eigenvalue weighted by Gasteiger charge is -2.35. The molecule has 6 nitrogen and oxygen atoms in total. The largest absolute Gasteiger partial charge is 0.508 e. The zero-order chi connectivity index (χ0) is 21.8. The van der Waals surface area contributed by atoms with Gasteiger partial charge in [-0.25, -0.2) is 0 Å². The molecule has 0 bridgehead atoms. The molecule has 0 atom stereocenters. The summed E-state index contributed by atoms with van der Waals surface area (Å²) in [7, 11) is 1.45. The molecule has 3 aromatic rings. The molecule has 30 heavy (non-hydrogen) atoms. The Labute approximate surface area is 174 Å². The van der Waals surface area contributed by atoms with E-state index in [9.17, 15) is 20.1 Å². The van der Waals surface area contributed by atoms with Gasteiger partial charge in [0.25, 0.3) is 0 Å². The topological polar surface area (TPSA) is 100 Å². The number of benzene rings is 2. The lowest BCUT2D eigenvalue weighted by atomic mass is 9.70. The molecule has 0 unspecified atom stereocenters. The number of phenols is 3. The number of hydrogen-bond donors (Lipinski definition) is 3. The Hall–Kier alpha value is -3.15. The zero-order valence-electron chi connectivity index (χ0n) is 17.6. The van der Waals surface area contributed by atoms with Crippen LogP contribution in [-0.4, -0.2) is 22.4 Å². The summed E-state index contributed by atoms with van der Waals surface area (Å²) in [5.41, 5.74) is 2.79. The van der Waals surface area contributed by atoms with Crippen molar-refractivity contribution in [2.45, 2.75) is 46.5 Å². The summed E-state index contributed by atoms with van der Waals surface area (Å²) in [4.78, 5) is 13.5. The van der Waals surface area contributed by atoms with Crippen LogP contribution in [0.4, 0.5) is 0 Å². The van der Waals surface area contributed by atoms with Crippen LogP contribution in [0.5, 0.6) is 23.0 Å². The maximum absolute atomic E-state index is 13.5. The number of aromatic hydroxyl groups is 3. The Morgan fingerprint density at radius 1 is 1.07 bits per heavy atom. The Bertz CT molecular complexity index is 1260. The van der Waals surface area contributed by atoms with Crippen LogP contribution in [0.1, 0.15) is 45.6 Å². The van der Waals surface area contributed by atoms with Crippen LogP contribution >= 0.6 is 0 Å². The van der Waals surface area contributed by atoms with Gasteiger partial charge in [-0.3, -0.25) is 4.79 Å². The lowest BCUT2D eigenvalue weighted by molar-refractivity contribution is 0.352. The number of allylic oxidation sites excluding steroid dienone is 2. The van der Waals surface area contributed by atoms with Gasteiger partial charge in [0.05, 0.1) is 12.5 Å². The first-order valence-corrected chi connectivity index (χ1v) is 10.0. The van der Waals surface area contributed by atoms with Gasteiger partial charge < -0.3 is 24.5 Å². The average Bonchev–Trinajstić information content (AvgIpc) is 2.63. The first-order chi connectivity index (χ1) is 14.1. The second kappa shape index (κ2) is 6.97. The third-order valence-corrected chi connectivity index (χ3v) is 6.31. The highest BCUT2D eigenvalue weighted by Gasteiger charge is 2.31. The molecule has 0 fully saturated rings. The minimum absolute atomic E-state index is 0.0112. The first-order valence-electron chi connectivity index (χ1n) is 10.0. The van der Waals surface area contributed by atoms with Crippen molar-refractivity contribution in [2.24, 2.45) is 5.41 Å². The molecule has 6 heteroatoms. The maximum atomic E-state index is 13.5. The number of methoxy groups -OCH3 is 1. The minimum Gasteiger partial charge on any atom is -0.508 e. The molecule has 1 aliphatic carbocycles. The molecule has 1 aliphatic rings. The fourth-order valence-corrected chi connectivity index (χ4v) is 4.79. The molecule has 0 saturated carbocycles. The summed E-state index contributed by atoms with van der Waals surface area (Å²) < 4.78 is 11.3. The number of fused-ring (bicyclic) bond motifs is 2. The van der Waals surface area contributed by atoms with Gasteiger partial charge >= 0.3 is 0 Å². The second-order valence-corrected chi connectivity index (χ2v) is 8.72. The summed E-state index contributed by atoms with van der Waals surface area (Å²) in [6, 6.07) is 3.72. The summed E-state index contributed by atoms with van der Waals surface area (Å²) in [6.45, 7) is 6.49. The number of hydrogen-bond acceptors (Lipinski definition) is 6. The molecule has 3 N–H and O–H groups in total. The Morgan fingerprint density at radius 3 is 2.43 bits per heavy atom. The number of rotatable bonds is 3. The molecule has 0 aliphatic heterocycles. The van der Waals surface area contributed by atoms with Crippen molar-refractivity contribution < 1.29 is 24.5 Å². The highest BCUT2D eigenvalue weighted by atomic mass is 16.5. The fourth-order valence-electron chi connectivity index (χ4n) is 4.79. The van der Waals surface area contributed by atoms with Crippen molar-refractivity contribution in [3.8, 4) is 23.0 Å². The predicted octanol–water partition coefficient (Wildman–Crippen LogP) is 5.14. The maximum Gasteiger partial charge on any atom is 0.204 e. The molecule has 4 rings (SSSR count). The molecule has 1 aromatic heterocycles. The van der Waals surface area contributed by atoms with Crippen molar-refractivity contribution in [3.05, 3.63) is 45.1 Å². The summed E-state index contributed by atoms with van der Waals surface area (Å²) >= 11 is 0. The Kier molecular flexibility index (Phi) is 4.68. The van der Waals surface area contributed by atoms with E-state index in [-0.39, 0.29) is 50.4 Å². The highest BCUT2D eigenvalue weighted by Crippen LogP contribution is 2.45. The Morgan fingerprint density at radius 2 is 1.77 bits per heavy atom. The predicted molar refractivity (Wildman–Crippen MR) is 116 cm³/mol. The van der Waals surface area contributed by atoms with E-state index in [4.69, 9.17) is 9.15 Å². The van der Waals surface area contributed by atoms with E-state index in [1.165, 1.54) is 30.4 Å². The fraction of sp³-hybridized carbons (Fsp3) is 0.375. The summed E-state index contributed by atoms with van der Waals surface area (Å²) in [5.74, 6) is -0.468. The van der Waals surface area contributed by atoms with E-state index in [2.05, 4.69) is 20.8 Å². The molecule has 0 saturated heterocycles. The SMILES string of the molecule is COc1c(O)cc2oc3cc(O)cc(O)c3c(=O)c2c1CC1=C(C)CCCC1(C)C. The van der Waals surface area contributed by atoms with Crippen LogP contribution in [0.3, 0.4) is 0 Å². The molecular weight excluding hydrogens is 384 g/mol. The lowest BCUT2D eigenvalue weighted by Crippen LogP contribution is -2.22. The monoisotopic (exact) mass is 410 g/mol. The van der Waals surface area contributed by atoms with E-state index >= 15 is 0 Å². The van der Waals surface area contributed by atoms with Crippen LogP contribution in [0.15, 0.2) is 38.6 Å². The van der Waals surface area contributed by atoms with Gasteiger partial charge in [-0.15, -0.1) is 0 Å². The smallest absolute Gasteiger partial charge is 0.204 e. The minimum atomic E-state index is -0.427. The summed E-state index contributed by atoms with van der Waals surface area (Å²) in [5, 5.41) is 30.9. The Balaban J connectivity index is 2.10. The van der Waals surface area contributed by atoms with Crippen molar-refractivity contribution in [1.82, 2.24) is 0 Å². The van der Waals surface area contributed by atoms with Crippen molar-refractivity contribution in [2.75, 3.05) is 7.11 Å². The van der Waals surface area contributed by atoms with E-state index in [1.54, 1.807) is 0 Å². The zero-order valence-corrected chi connectivity index (χ0v) is 17.6. The quantitative estimate of drug-likeness (QED) is 0.408. The van der Waals surface area contributed by atoms with Crippen molar-refractivity contribution >= 4 is 21.9 Å². The van der Waals surface area contributed by atoms with Gasteiger partial charge in [0.1, 0.15) is 28.1 Å². The third-order valence-electron chi connectivity index (χ3n) is 6.31. The third kappa shape index (κ3) is 3.07. The van der Waals surface area contributed by atoms with Gasteiger partial charge in [-0.05, 0) is 38.0 Å². The molecule has 2 aromatic carbocycles. The van der Waals surface area contributed by atoms with Gasteiger partial charge in [0.2, 0.25) is 5.43 Å². The van der Waals surface area contributed by atoms with Gasteiger partial charge in [0.15, 0.2) is 11.5 Å². The molecule has 0 spiro atoms. The van der Waals surface area contributed by atoms with Crippen LogP contribution in [0.25, 0.3) is 21.9 Å². The van der Waals surface area contributed by atoms with Crippen molar-refractivity contribution in [3.63, 3.8) is 0 Å². The molecular formula is C24H26O6. The summed E-state index contributed by atoms with van der Waals surface area (Å²) in [6.07, 6.45) is 3.58. The molecule has 0 radical (unpaired) electrons. The van der Waals surface area contributed by atoms with E-state index in [1.807, 2.05) is 0 Å². The first kappa shape index (κ1) is 20.1. The number of ether oxygens (including phenoxy) is 1. The van der Waals surface area contributed by atoms with Gasteiger partial charge in [-0.1, -0.05) is 25.0 Å². The van der Waals surface area contributed by atoms with E-state index < -0.39 is 5.43 Å². The molecule has 158 valence electrons. The van der Waals surface area contributed by atoms with E-state index in [0.29, 0.717) is 12.0 Å². The van der Waals surface area contributed by atoms with Crippen LogP contribution in [-0.2, 0) is 6.42 Å². The molecule has 0 amide bonds. The number of phenolic OH excluding ortho intramolecular Hbond substituents is 3. The second-order valence-electron chi connectivity index (χ2n) is 8.72. The molecule has 1 heterocycles. The average molecular weight is 410 g/mol. The van der Waals surface area contributed by atoms with E-state index in [0.717, 1.165) is 25.3 Å². The van der Waals surface area contributed by atoms with Crippen molar-refractivity contribution in [1.29, 1.82) is 0 Å². The van der Waals surface area contributed by atoms with Gasteiger partial charge in [0, 0.05) is 23.8 Å². The van der Waals surface area contributed by atoms with Crippen LogP contribution in [0, 0.1) is 5.41 Å². The van der Waals surface area contributed by atoms with Crippen LogP contribution < -0.4 is 10.2 Å². The normalized spacial score (nSPS) is 16.4.